The van der Waals surface area contributed by atoms with E-state index in [1.807, 2.05) is 54.6 Å². The van der Waals surface area contributed by atoms with Gasteiger partial charge in [-0.3, -0.25) is 4.90 Å². The Morgan fingerprint density at radius 1 is 0.582 bits per heavy atom. The molecule has 8 aromatic rings. The zero-order valence-corrected chi connectivity index (χ0v) is 56.6. The van der Waals surface area contributed by atoms with Crippen LogP contribution in [0.3, 0.4) is 0 Å². The third-order valence-corrected chi connectivity index (χ3v) is 16.9. The molecule has 11 rings (SSSR count). The Balaban J connectivity index is 0.000000181. The van der Waals surface area contributed by atoms with Crippen LogP contribution in [0.1, 0.15) is 40.4 Å². The van der Waals surface area contributed by atoms with E-state index in [-0.39, 0.29) is 89.1 Å². The second-order valence-corrected chi connectivity index (χ2v) is 24.2. The fourth-order valence-electron chi connectivity index (χ4n) is 10.6. The van der Waals surface area contributed by atoms with Crippen molar-refractivity contribution in [3.63, 3.8) is 0 Å². The predicted octanol–water partition coefficient (Wildman–Crippen LogP) is 10.6. The van der Waals surface area contributed by atoms with Crippen LogP contribution in [0.4, 0.5) is 26.7 Å². The second kappa shape index (κ2) is 35.7. The molecule has 1 amide bonds. The average Bonchev–Trinajstić information content (AvgIpc) is 1.29. The van der Waals surface area contributed by atoms with E-state index < -0.39 is 16.3 Å². The number of hydrogen-bond donors (Lipinski definition) is 3. The first-order valence-electron chi connectivity index (χ1n) is 29.0. The van der Waals surface area contributed by atoms with Crippen LogP contribution in [0.25, 0.3) is 0 Å². The normalized spacial score (nSPS) is 16.3. The molecule has 0 bridgehead atoms. The van der Waals surface area contributed by atoms with Crippen molar-refractivity contribution in [2.75, 3.05) is 86.8 Å². The zero-order chi connectivity index (χ0) is 64.0. The van der Waals surface area contributed by atoms with Crippen molar-refractivity contribution in [3.05, 3.63) is 263 Å². The van der Waals surface area contributed by atoms with Gasteiger partial charge in [0.25, 0.3) is 0 Å². The minimum atomic E-state index is -4.29. The maximum atomic E-state index is 12.4. The summed E-state index contributed by atoms with van der Waals surface area (Å²) in [6.07, 6.45) is 1.79. The number of hydrogen-bond acceptors (Lipinski definition) is 15. The maximum absolute atomic E-state index is 12.4. The predicted molar refractivity (Wildman–Crippen MR) is 361 cm³/mol. The van der Waals surface area contributed by atoms with Gasteiger partial charge < -0.3 is 53.9 Å². The molecule has 0 aromatic heterocycles. The van der Waals surface area contributed by atoms with Crippen LogP contribution < -0.4 is 59.6 Å². The summed E-state index contributed by atoms with van der Waals surface area (Å²) in [5.41, 5.74) is 7.63. The van der Waals surface area contributed by atoms with Crippen molar-refractivity contribution >= 4 is 88.8 Å². The Morgan fingerprint density at radius 2 is 1.07 bits per heavy atom. The zero-order valence-electron chi connectivity index (χ0n) is 50.4. The van der Waals surface area contributed by atoms with Crippen molar-refractivity contribution in [3.8, 4) is 17.2 Å². The fraction of sp³-hybridized carbons (Fsp3) is 0.217. The van der Waals surface area contributed by atoms with Gasteiger partial charge in [0.2, 0.25) is 0 Å². The van der Waals surface area contributed by atoms with Gasteiger partial charge in [-0.25, -0.2) is 18.0 Å². The number of ether oxygens (including phenoxy) is 3. The quantitative estimate of drug-likeness (QED) is 0.0233. The summed E-state index contributed by atoms with van der Waals surface area (Å²) in [6, 6.07) is 63.0. The number of carbonyl (C=O) groups excluding carboxylic acids is 2. The van der Waals surface area contributed by atoms with Gasteiger partial charge in [0, 0.05) is 83.6 Å². The fourth-order valence-corrected chi connectivity index (χ4v) is 12.4. The SMILES string of the molecule is C=CCOC(=O)Oc1ccc(N2CCN(C(=O)OCC=C)C[C@H]2c2ccccc2)c(Cl)c1.O=S(=O)([O-])c1cccc(P)c1.Oc1ccc(N2CCN(Cc3ccccc3)C[C@H]2c2ccccc2)c(Cl)c1.Oc1ccc(N2CCNC[C@H]2c2ccccc2)c(Cl)c1.[Na+]. The van der Waals surface area contributed by atoms with Crippen LogP contribution in [0.2, 0.25) is 15.1 Å². The number of amides is 1. The number of nitrogens with one attached hydrogen (secondary N) is 1. The van der Waals surface area contributed by atoms with Crippen molar-refractivity contribution in [1.82, 2.24) is 15.1 Å². The smallest absolute Gasteiger partial charge is 0.744 e. The van der Waals surface area contributed by atoms with Gasteiger partial charge in [0.1, 0.15) is 40.6 Å². The van der Waals surface area contributed by atoms with E-state index in [1.54, 1.807) is 59.5 Å². The number of anilines is 3. The van der Waals surface area contributed by atoms with E-state index >= 15 is 0 Å². The van der Waals surface area contributed by atoms with Crippen LogP contribution in [-0.4, -0.2) is 117 Å². The summed E-state index contributed by atoms with van der Waals surface area (Å²) < 4.78 is 46.5. The summed E-state index contributed by atoms with van der Waals surface area (Å²) >= 11 is 19.3. The van der Waals surface area contributed by atoms with E-state index in [9.17, 15) is 32.8 Å². The van der Waals surface area contributed by atoms with E-state index in [2.05, 4.69) is 126 Å². The number of aromatic hydroxyl groups is 2. The Bertz CT molecular complexity index is 3770. The van der Waals surface area contributed by atoms with Crippen LogP contribution in [0.5, 0.6) is 17.2 Å². The molecule has 91 heavy (non-hydrogen) atoms. The molecule has 0 saturated carbocycles. The molecule has 16 nitrogen and oxygen atoms in total. The topological polar surface area (TPSA) is 188 Å². The molecule has 0 radical (unpaired) electrons. The number of phenols is 2. The third-order valence-electron chi connectivity index (χ3n) is 14.9. The van der Waals surface area contributed by atoms with Gasteiger partial charge in [-0.15, -0.1) is 9.24 Å². The standard InChI is InChI=1S/C24H25ClN2O5.C23H23ClN2O.C16H17ClN2O.C6H7O3PS.Na/c1-3-14-30-23(28)26-12-13-27(22(17-26)18-8-6-5-7-9-18)21-11-10-19(16-20(21)25)32-24(29)31-15-4-2;24-21-15-20(27)11-12-22(21)26-14-13-25(16-18-7-3-1-4-8-18)17-23(26)19-9-5-2-6-10-19;17-14-10-13(20)6-7-15(14)19-9-8-18-11-16(19)12-4-2-1-3-5-12;7-11(8,9)6-3-1-2-5(10)4-6;/h3-11,16,22H,1-2,12-15,17H2;1-12,15,23,27H,13-14,16-17H2;1-7,10,16,18,20H,8-9,11H2;1-4H,10H2,(H,7,8,9);/q;;;;+1/p-1/t22-;23-;16-;;/m000../s1. The number of piperazine rings is 3. The molecule has 4 atom stereocenters. The van der Waals surface area contributed by atoms with E-state index in [4.69, 9.17) is 49.0 Å². The molecule has 3 N–H and O–H groups in total. The molecule has 3 saturated heterocycles. The number of halogens is 3. The third kappa shape index (κ3) is 21.0. The molecule has 1 unspecified atom stereocenters. The Kier molecular flexibility index (Phi) is 28.0. The number of phenolic OH excluding ortho intramolecular Hbond substituents is 2. The van der Waals surface area contributed by atoms with Gasteiger partial charge >= 0.3 is 41.8 Å². The molecular formula is C69H71Cl3N6NaO10PS. The van der Waals surface area contributed by atoms with Gasteiger partial charge in [-0.2, -0.15) is 0 Å². The molecule has 3 heterocycles. The Hall–Kier alpha value is -7.09. The van der Waals surface area contributed by atoms with Gasteiger partial charge in [-0.05, 0) is 76.1 Å². The monoisotopic (exact) mass is 1330 g/mol. The largest absolute Gasteiger partial charge is 1.00 e. The number of rotatable bonds is 14. The molecular weight excluding hydrogens is 1270 g/mol. The van der Waals surface area contributed by atoms with Crippen LogP contribution in [-0.2, 0) is 26.1 Å². The van der Waals surface area contributed by atoms with Crippen LogP contribution in [0, 0.1) is 0 Å². The number of nitrogens with zero attached hydrogens (tertiary/aromatic N) is 5. The Morgan fingerprint density at radius 3 is 1.57 bits per heavy atom. The van der Waals surface area contributed by atoms with Crippen LogP contribution in [0.15, 0.2) is 230 Å². The van der Waals surface area contributed by atoms with Gasteiger partial charge in [0.05, 0.1) is 55.2 Å². The van der Waals surface area contributed by atoms with Crippen LogP contribution >= 0.6 is 44.0 Å². The molecule has 0 aliphatic carbocycles. The molecule has 3 fully saturated rings. The van der Waals surface area contributed by atoms with E-state index in [1.165, 1.54) is 41.0 Å². The number of benzene rings is 8. The molecule has 3 aliphatic heterocycles. The first kappa shape index (κ1) is 71.4. The summed E-state index contributed by atoms with van der Waals surface area (Å²) in [5, 5.41) is 24.9. The minimum absolute atomic E-state index is 0. The minimum Gasteiger partial charge on any atom is -0.744 e. The van der Waals surface area contributed by atoms with Gasteiger partial charge in [-0.1, -0.05) is 194 Å². The summed E-state index contributed by atoms with van der Waals surface area (Å²) in [7, 11) is -1.97. The summed E-state index contributed by atoms with van der Waals surface area (Å²) in [6.45, 7) is 15.2. The molecule has 3 aliphatic rings. The van der Waals surface area contributed by atoms with Crippen molar-refractivity contribution in [1.29, 1.82) is 0 Å². The number of carbonyl (C=O) groups is 2. The molecule has 22 heteroatoms. The summed E-state index contributed by atoms with van der Waals surface area (Å²) in [5.74, 6) is 0.670. The van der Waals surface area contributed by atoms with Gasteiger partial charge in [0.15, 0.2) is 0 Å². The molecule has 470 valence electrons. The van der Waals surface area contributed by atoms with Crippen molar-refractivity contribution in [2.24, 2.45) is 0 Å². The van der Waals surface area contributed by atoms with E-state index in [0.29, 0.717) is 40.0 Å². The first-order chi connectivity index (χ1) is 43.5. The average molecular weight is 1340 g/mol. The second-order valence-electron chi connectivity index (χ2n) is 21.0. The molecule has 0 spiro atoms. The van der Waals surface area contributed by atoms with Crippen molar-refractivity contribution in [2.45, 2.75) is 29.6 Å². The first-order valence-corrected chi connectivity index (χ1v) is 32.1. The Labute approximate surface area is 572 Å². The molecule has 8 aromatic carbocycles. The van der Waals surface area contributed by atoms with E-state index in [0.717, 1.165) is 68.4 Å². The van der Waals surface area contributed by atoms with Crippen molar-refractivity contribution < 1.29 is 76.5 Å². The summed E-state index contributed by atoms with van der Waals surface area (Å²) in [4.78, 5) is 34.9. The maximum Gasteiger partial charge on any atom is 1.00 e.